The number of hydrogen-bond donors (Lipinski definition) is 0. The van der Waals surface area contributed by atoms with E-state index in [4.69, 9.17) is 0 Å². The lowest BCUT2D eigenvalue weighted by Gasteiger charge is -2.02. The molecule has 0 radical (unpaired) electrons. The molecule has 4 heteroatoms. The number of halogens is 1. The Labute approximate surface area is 88.9 Å². The molecule has 14 heavy (non-hydrogen) atoms. The van der Waals surface area contributed by atoms with E-state index in [1.54, 1.807) is 12.3 Å². The van der Waals surface area contributed by atoms with Gasteiger partial charge in [0, 0.05) is 9.60 Å². The van der Waals surface area contributed by atoms with Crippen LogP contribution in [-0.4, -0.2) is 12.5 Å². The standard InChI is InChI=1S/C10H7FOS2/c1-13-8-4-6-2-3-14-10(6)7(5-12)9(8)11/h2-5H,1H3. The average molecular weight is 226 g/mol. The minimum Gasteiger partial charge on any atom is -0.298 e. The minimum absolute atomic E-state index is 0.182. The number of rotatable bonds is 2. The molecule has 1 aromatic heterocycles. The Kier molecular flexibility index (Phi) is 2.56. The van der Waals surface area contributed by atoms with Crippen molar-refractivity contribution < 1.29 is 9.18 Å². The number of aldehydes is 1. The summed E-state index contributed by atoms with van der Waals surface area (Å²) in [6, 6.07) is 3.67. The van der Waals surface area contributed by atoms with Crippen molar-refractivity contribution in [3.05, 3.63) is 28.9 Å². The number of carbonyl (C=O) groups is 1. The molecule has 0 aliphatic heterocycles. The molecule has 0 saturated heterocycles. The molecule has 1 aromatic carbocycles. The molecule has 2 aromatic rings. The van der Waals surface area contributed by atoms with Crippen LogP contribution in [0.1, 0.15) is 10.4 Å². The number of thioether (sulfide) groups is 1. The normalized spacial score (nSPS) is 10.7. The van der Waals surface area contributed by atoms with Crippen LogP contribution in [0.3, 0.4) is 0 Å². The van der Waals surface area contributed by atoms with E-state index in [1.807, 2.05) is 11.4 Å². The molecule has 2 rings (SSSR count). The summed E-state index contributed by atoms with van der Waals surface area (Å²) < 4.78 is 14.4. The third-order valence-corrected chi connectivity index (χ3v) is 3.72. The van der Waals surface area contributed by atoms with Gasteiger partial charge in [-0.3, -0.25) is 4.79 Å². The molecule has 0 aliphatic carbocycles. The van der Waals surface area contributed by atoms with E-state index in [0.29, 0.717) is 11.2 Å². The van der Waals surface area contributed by atoms with Gasteiger partial charge in [-0.2, -0.15) is 0 Å². The van der Waals surface area contributed by atoms with Gasteiger partial charge in [0.25, 0.3) is 0 Å². The summed E-state index contributed by atoms with van der Waals surface area (Å²) in [7, 11) is 0. The molecule has 0 spiro atoms. The van der Waals surface area contributed by atoms with Crippen molar-refractivity contribution in [2.45, 2.75) is 4.90 Å². The van der Waals surface area contributed by atoms with Crippen molar-refractivity contribution >= 4 is 39.5 Å². The number of benzene rings is 1. The van der Waals surface area contributed by atoms with Crippen molar-refractivity contribution in [1.29, 1.82) is 0 Å². The fourth-order valence-corrected chi connectivity index (χ4v) is 2.75. The van der Waals surface area contributed by atoms with Crippen molar-refractivity contribution in [3.63, 3.8) is 0 Å². The molecule has 0 unspecified atom stereocenters. The fourth-order valence-electron chi connectivity index (χ4n) is 1.34. The largest absolute Gasteiger partial charge is 0.298 e. The average Bonchev–Trinajstić information content (AvgIpc) is 2.64. The third-order valence-electron chi connectivity index (χ3n) is 2.02. The van der Waals surface area contributed by atoms with Crippen molar-refractivity contribution in [3.8, 4) is 0 Å². The first-order valence-electron chi connectivity index (χ1n) is 3.96. The van der Waals surface area contributed by atoms with Crippen LogP contribution in [0.2, 0.25) is 0 Å². The van der Waals surface area contributed by atoms with Crippen molar-refractivity contribution in [1.82, 2.24) is 0 Å². The monoisotopic (exact) mass is 226 g/mol. The van der Waals surface area contributed by atoms with Gasteiger partial charge >= 0.3 is 0 Å². The minimum atomic E-state index is -0.401. The molecule has 0 fully saturated rings. The predicted octanol–water partition coefficient (Wildman–Crippen LogP) is 3.57. The van der Waals surface area contributed by atoms with Gasteiger partial charge in [-0.1, -0.05) is 0 Å². The quantitative estimate of drug-likeness (QED) is 0.575. The zero-order valence-electron chi connectivity index (χ0n) is 7.41. The fraction of sp³-hybridized carbons (Fsp3) is 0.100. The summed E-state index contributed by atoms with van der Waals surface area (Å²) in [6.45, 7) is 0. The summed E-state index contributed by atoms with van der Waals surface area (Å²) in [5, 5.41) is 2.80. The molecule has 0 atom stereocenters. The molecular weight excluding hydrogens is 219 g/mol. The molecule has 1 heterocycles. The highest BCUT2D eigenvalue weighted by Gasteiger charge is 2.12. The topological polar surface area (TPSA) is 17.1 Å². The number of thiophene rings is 1. The maximum absolute atomic E-state index is 13.6. The lowest BCUT2D eigenvalue weighted by molar-refractivity contribution is 0.112. The highest BCUT2D eigenvalue weighted by atomic mass is 32.2. The van der Waals surface area contributed by atoms with Gasteiger partial charge in [-0.15, -0.1) is 23.1 Å². The highest BCUT2D eigenvalue weighted by molar-refractivity contribution is 7.98. The first-order valence-corrected chi connectivity index (χ1v) is 6.07. The van der Waals surface area contributed by atoms with Crippen LogP contribution in [0.4, 0.5) is 4.39 Å². The molecule has 0 aliphatic rings. The Bertz CT molecular complexity index is 490. The van der Waals surface area contributed by atoms with Crippen LogP contribution in [0.15, 0.2) is 22.4 Å². The zero-order valence-corrected chi connectivity index (χ0v) is 9.05. The molecule has 1 nitrogen and oxygen atoms in total. The van der Waals surface area contributed by atoms with Crippen LogP contribution in [0.25, 0.3) is 10.1 Å². The van der Waals surface area contributed by atoms with Crippen LogP contribution >= 0.6 is 23.1 Å². The van der Waals surface area contributed by atoms with Gasteiger partial charge in [0.15, 0.2) is 6.29 Å². The Morgan fingerprint density at radius 3 is 3.00 bits per heavy atom. The second kappa shape index (κ2) is 3.71. The Hall–Kier alpha value is -0.870. The van der Waals surface area contributed by atoms with E-state index in [2.05, 4.69) is 0 Å². The second-order valence-electron chi connectivity index (χ2n) is 2.76. The van der Waals surface area contributed by atoms with Crippen molar-refractivity contribution in [2.24, 2.45) is 0 Å². The lowest BCUT2D eigenvalue weighted by atomic mass is 10.2. The van der Waals surface area contributed by atoms with Gasteiger partial charge < -0.3 is 0 Å². The van der Waals surface area contributed by atoms with Gasteiger partial charge in [-0.25, -0.2) is 4.39 Å². The number of carbonyl (C=O) groups excluding carboxylic acids is 1. The van der Waals surface area contributed by atoms with Gasteiger partial charge in [0.1, 0.15) is 5.82 Å². The van der Waals surface area contributed by atoms with E-state index in [9.17, 15) is 9.18 Å². The Balaban J connectivity index is 2.87. The number of fused-ring (bicyclic) bond motifs is 1. The molecular formula is C10H7FOS2. The smallest absolute Gasteiger partial charge is 0.154 e. The molecule has 72 valence electrons. The third kappa shape index (κ3) is 1.35. The van der Waals surface area contributed by atoms with Crippen LogP contribution in [0, 0.1) is 5.82 Å². The van der Waals surface area contributed by atoms with Gasteiger partial charge in [0.05, 0.1) is 5.56 Å². The van der Waals surface area contributed by atoms with Crippen LogP contribution in [-0.2, 0) is 0 Å². The van der Waals surface area contributed by atoms with Crippen molar-refractivity contribution in [2.75, 3.05) is 6.26 Å². The second-order valence-corrected chi connectivity index (χ2v) is 4.53. The van der Waals surface area contributed by atoms with Gasteiger partial charge in [0.2, 0.25) is 0 Å². The first-order chi connectivity index (χ1) is 6.77. The zero-order chi connectivity index (χ0) is 10.1. The van der Waals surface area contributed by atoms with Crippen LogP contribution < -0.4 is 0 Å². The molecule has 0 bridgehead atoms. The van der Waals surface area contributed by atoms with E-state index in [1.165, 1.54) is 23.1 Å². The summed E-state index contributed by atoms with van der Waals surface area (Å²) in [5.74, 6) is -0.401. The predicted molar refractivity (Wildman–Crippen MR) is 59.0 cm³/mol. The molecule has 0 saturated carbocycles. The first kappa shape index (κ1) is 9.68. The summed E-state index contributed by atoms with van der Waals surface area (Å²) in [4.78, 5) is 11.3. The molecule has 0 amide bonds. The lowest BCUT2D eigenvalue weighted by Crippen LogP contribution is -1.90. The highest BCUT2D eigenvalue weighted by Crippen LogP contribution is 2.32. The summed E-state index contributed by atoms with van der Waals surface area (Å²) >= 11 is 2.71. The Morgan fingerprint density at radius 1 is 1.57 bits per heavy atom. The SMILES string of the molecule is CSc1cc2ccsc2c(C=O)c1F. The van der Waals surface area contributed by atoms with E-state index in [0.717, 1.165) is 10.1 Å². The van der Waals surface area contributed by atoms with Gasteiger partial charge in [-0.05, 0) is 29.2 Å². The summed E-state index contributed by atoms with van der Waals surface area (Å²) in [6.07, 6.45) is 2.39. The summed E-state index contributed by atoms with van der Waals surface area (Å²) in [5.41, 5.74) is 0.182. The maximum atomic E-state index is 13.6. The van der Waals surface area contributed by atoms with E-state index < -0.39 is 5.82 Å². The number of hydrogen-bond acceptors (Lipinski definition) is 3. The van der Waals surface area contributed by atoms with E-state index in [-0.39, 0.29) is 5.56 Å². The van der Waals surface area contributed by atoms with E-state index >= 15 is 0 Å². The van der Waals surface area contributed by atoms with Crippen LogP contribution in [0.5, 0.6) is 0 Å². The maximum Gasteiger partial charge on any atom is 0.154 e. The molecule has 0 N–H and O–H groups in total. The Morgan fingerprint density at radius 2 is 2.36 bits per heavy atom.